The molecule has 2 atom stereocenters. The van der Waals surface area contributed by atoms with E-state index in [1.165, 1.54) is 12.1 Å². The summed E-state index contributed by atoms with van der Waals surface area (Å²) in [5, 5.41) is 19.1. The van der Waals surface area contributed by atoms with Crippen molar-refractivity contribution in [3.8, 4) is 0 Å². The van der Waals surface area contributed by atoms with Gasteiger partial charge in [-0.25, -0.2) is 0 Å². The Kier molecular flexibility index (Phi) is 6.77. The third-order valence-electron chi connectivity index (χ3n) is 4.62. The molecule has 0 heterocycles. The minimum absolute atomic E-state index is 0.0986. The van der Waals surface area contributed by atoms with Gasteiger partial charge in [0.05, 0.1) is 11.0 Å². The summed E-state index contributed by atoms with van der Waals surface area (Å²) in [6, 6.07) is 17.3. The Balaban J connectivity index is 1.55. The Morgan fingerprint density at radius 2 is 1.72 bits per heavy atom. The topological polar surface area (TPSA) is 98.7 Å². The van der Waals surface area contributed by atoms with Crippen LogP contribution in [0, 0.1) is 0 Å². The van der Waals surface area contributed by atoms with Gasteiger partial charge in [-0.1, -0.05) is 35.9 Å². The Morgan fingerprint density at radius 1 is 1.00 bits per heavy atom. The van der Waals surface area contributed by atoms with Crippen molar-refractivity contribution in [3.63, 3.8) is 0 Å². The molecule has 3 aromatic rings. The van der Waals surface area contributed by atoms with Crippen LogP contribution in [0.2, 0.25) is 5.02 Å². The van der Waals surface area contributed by atoms with Crippen LogP contribution < -0.4 is 10.6 Å². The van der Waals surface area contributed by atoms with Crippen molar-refractivity contribution in [2.45, 2.75) is 24.0 Å². The van der Waals surface area contributed by atoms with Gasteiger partial charge in [0.2, 0.25) is 0 Å². The molecular weight excluding hydrogens is 412 g/mol. The number of fused-ring (bicyclic) bond motifs is 1. The predicted octanol–water partition coefficient (Wildman–Crippen LogP) is 3.86. The molecule has 154 valence electrons. The van der Waals surface area contributed by atoms with Crippen molar-refractivity contribution in [1.29, 1.82) is 0 Å². The molecule has 0 amide bonds. The Morgan fingerprint density at radius 3 is 2.45 bits per heavy atom. The van der Waals surface area contributed by atoms with Crippen molar-refractivity contribution in [2.24, 2.45) is 0 Å². The first kappa shape index (κ1) is 21.5. The molecule has 0 fully saturated rings. The van der Waals surface area contributed by atoms with Crippen molar-refractivity contribution in [1.82, 2.24) is 5.32 Å². The quantitative estimate of drug-likeness (QED) is 0.402. The average Bonchev–Trinajstić information content (AvgIpc) is 2.69. The molecule has 0 aliphatic carbocycles. The number of halogens is 1. The van der Waals surface area contributed by atoms with Gasteiger partial charge in [0, 0.05) is 29.8 Å². The van der Waals surface area contributed by atoms with Gasteiger partial charge in [-0.15, -0.1) is 0 Å². The maximum Gasteiger partial charge on any atom is 0.294 e. The summed E-state index contributed by atoms with van der Waals surface area (Å²) in [4.78, 5) is -0.123. The van der Waals surface area contributed by atoms with Gasteiger partial charge in [-0.3, -0.25) is 4.55 Å². The molecule has 3 rings (SSSR count). The van der Waals surface area contributed by atoms with Crippen LogP contribution in [0.5, 0.6) is 0 Å². The first-order valence-corrected chi connectivity index (χ1v) is 11.0. The number of hydrogen-bond acceptors (Lipinski definition) is 5. The van der Waals surface area contributed by atoms with Crippen molar-refractivity contribution in [3.05, 3.63) is 71.2 Å². The monoisotopic (exact) mass is 434 g/mol. The molecule has 2 unspecified atom stereocenters. The second-order valence-corrected chi connectivity index (χ2v) is 8.82. The fourth-order valence-corrected chi connectivity index (χ4v) is 3.70. The van der Waals surface area contributed by atoms with Gasteiger partial charge >= 0.3 is 0 Å². The van der Waals surface area contributed by atoms with E-state index in [9.17, 15) is 13.5 Å². The number of anilines is 1. The highest BCUT2D eigenvalue weighted by atomic mass is 35.5. The van der Waals surface area contributed by atoms with E-state index >= 15 is 0 Å². The lowest BCUT2D eigenvalue weighted by molar-refractivity contribution is 0.171. The maximum absolute atomic E-state index is 11.2. The molecule has 0 aromatic heterocycles. The first-order valence-electron chi connectivity index (χ1n) is 9.14. The summed E-state index contributed by atoms with van der Waals surface area (Å²) in [7, 11) is -4.21. The first-order chi connectivity index (χ1) is 13.7. The number of benzene rings is 3. The molecule has 0 bridgehead atoms. The number of aliphatic hydroxyl groups is 1. The van der Waals surface area contributed by atoms with E-state index in [0.29, 0.717) is 18.1 Å². The smallest absolute Gasteiger partial charge is 0.294 e. The fourth-order valence-electron chi connectivity index (χ4n) is 2.98. The second kappa shape index (κ2) is 9.11. The van der Waals surface area contributed by atoms with Crippen LogP contribution in [-0.2, 0) is 10.1 Å². The van der Waals surface area contributed by atoms with E-state index in [0.717, 1.165) is 22.0 Å². The summed E-state index contributed by atoms with van der Waals surface area (Å²) in [6.07, 6.45) is -0.645. The van der Waals surface area contributed by atoms with E-state index < -0.39 is 16.2 Å². The summed E-state index contributed by atoms with van der Waals surface area (Å²) < 4.78 is 31.7. The molecule has 0 aliphatic rings. The van der Waals surface area contributed by atoms with E-state index in [1.807, 2.05) is 31.2 Å². The molecule has 29 heavy (non-hydrogen) atoms. The van der Waals surface area contributed by atoms with E-state index in [1.54, 1.807) is 24.3 Å². The standard InChI is InChI=1S/C21H23ClN2O4S/c1-14(23-13-21(25)17-3-2-4-18(22)9-17)12-24-19-7-5-16-11-20(29(26,27)28)8-6-15(16)10-19/h2-11,14,21,23-25H,12-13H2,1H3,(H,26,27,28). The molecule has 0 saturated heterocycles. The molecule has 4 N–H and O–H groups in total. The highest BCUT2D eigenvalue weighted by Crippen LogP contribution is 2.23. The lowest BCUT2D eigenvalue weighted by Gasteiger charge is -2.19. The third-order valence-corrected chi connectivity index (χ3v) is 5.70. The molecule has 0 spiro atoms. The zero-order chi connectivity index (χ0) is 21.0. The highest BCUT2D eigenvalue weighted by Gasteiger charge is 2.11. The van der Waals surface area contributed by atoms with Crippen LogP contribution in [0.25, 0.3) is 10.8 Å². The van der Waals surface area contributed by atoms with Gasteiger partial charge in [-0.05, 0) is 59.7 Å². The minimum atomic E-state index is -4.21. The maximum atomic E-state index is 11.2. The molecule has 6 nitrogen and oxygen atoms in total. The van der Waals surface area contributed by atoms with E-state index in [2.05, 4.69) is 10.6 Å². The minimum Gasteiger partial charge on any atom is -0.387 e. The Hall–Kier alpha value is -2.16. The normalized spacial score (nSPS) is 13.9. The van der Waals surface area contributed by atoms with Crippen LogP contribution in [0.4, 0.5) is 5.69 Å². The van der Waals surface area contributed by atoms with Gasteiger partial charge in [-0.2, -0.15) is 8.42 Å². The predicted molar refractivity (Wildman–Crippen MR) is 116 cm³/mol. The zero-order valence-electron chi connectivity index (χ0n) is 15.8. The Labute approximate surface area is 175 Å². The summed E-state index contributed by atoms with van der Waals surface area (Å²) in [5.74, 6) is 0. The van der Waals surface area contributed by atoms with Crippen molar-refractivity contribution < 1.29 is 18.1 Å². The lowest BCUT2D eigenvalue weighted by atomic mass is 10.1. The summed E-state index contributed by atoms with van der Waals surface area (Å²) in [5.41, 5.74) is 1.66. The number of rotatable bonds is 8. The average molecular weight is 435 g/mol. The third kappa shape index (κ3) is 5.91. The summed E-state index contributed by atoms with van der Waals surface area (Å²) in [6.45, 7) is 3.05. The molecular formula is C21H23ClN2O4S. The SMILES string of the molecule is CC(CNc1ccc2cc(S(=O)(=O)O)ccc2c1)NCC(O)c1cccc(Cl)c1. The number of nitrogens with one attached hydrogen (secondary N) is 2. The Bertz CT molecular complexity index is 1100. The van der Waals surface area contributed by atoms with Crippen LogP contribution in [-0.4, -0.2) is 37.2 Å². The number of hydrogen-bond donors (Lipinski definition) is 4. The van der Waals surface area contributed by atoms with Gasteiger partial charge < -0.3 is 15.7 Å². The molecule has 0 aliphatic heterocycles. The van der Waals surface area contributed by atoms with Gasteiger partial charge in [0.1, 0.15) is 0 Å². The van der Waals surface area contributed by atoms with E-state index in [4.69, 9.17) is 16.2 Å². The van der Waals surface area contributed by atoms with Gasteiger partial charge in [0.15, 0.2) is 0 Å². The highest BCUT2D eigenvalue weighted by molar-refractivity contribution is 7.85. The van der Waals surface area contributed by atoms with Crippen LogP contribution >= 0.6 is 11.6 Å². The molecule has 0 saturated carbocycles. The van der Waals surface area contributed by atoms with Crippen LogP contribution in [0.15, 0.2) is 65.6 Å². The summed E-state index contributed by atoms with van der Waals surface area (Å²) >= 11 is 5.96. The van der Waals surface area contributed by atoms with Crippen molar-refractivity contribution in [2.75, 3.05) is 18.4 Å². The number of aliphatic hydroxyl groups excluding tert-OH is 1. The second-order valence-electron chi connectivity index (χ2n) is 6.96. The lowest BCUT2D eigenvalue weighted by Crippen LogP contribution is -2.35. The van der Waals surface area contributed by atoms with Gasteiger partial charge in [0.25, 0.3) is 10.1 Å². The van der Waals surface area contributed by atoms with Crippen LogP contribution in [0.3, 0.4) is 0 Å². The molecule has 8 heteroatoms. The molecule has 0 radical (unpaired) electrons. The van der Waals surface area contributed by atoms with E-state index in [-0.39, 0.29) is 10.9 Å². The zero-order valence-corrected chi connectivity index (χ0v) is 17.4. The fraction of sp³-hybridized carbons (Fsp3) is 0.238. The molecule has 3 aromatic carbocycles. The largest absolute Gasteiger partial charge is 0.387 e. The van der Waals surface area contributed by atoms with Crippen molar-refractivity contribution >= 4 is 38.2 Å². The van der Waals surface area contributed by atoms with Crippen LogP contribution in [0.1, 0.15) is 18.6 Å².